The second-order valence-electron chi connectivity index (χ2n) is 5.90. The molecule has 0 aliphatic carbocycles. The molecule has 3 rings (SSSR count). The van der Waals surface area contributed by atoms with E-state index in [1.165, 1.54) is 11.8 Å². The number of benzene rings is 2. The van der Waals surface area contributed by atoms with Gasteiger partial charge < -0.3 is 14.8 Å². The fourth-order valence-corrected chi connectivity index (χ4v) is 3.41. The van der Waals surface area contributed by atoms with E-state index in [9.17, 15) is 9.59 Å². The standard InChI is InChI=1S/C19H21NO4S/c21-18(20-11-16-6-3-9-23-16)12-24-19(22)13-25-17-8-7-14-4-1-2-5-15(14)10-17/h1-2,4-5,7-8,10,16H,3,6,9,11-13H2,(H,20,21)/t16-/m1/s1. The van der Waals surface area contributed by atoms with Crippen molar-refractivity contribution in [3.05, 3.63) is 42.5 Å². The zero-order valence-electron chi connectivity index (χ0n) is 13.9. The summed E-state index contributed by atoms with van der Waals surface area (Å²) in [5.41, 5.74) is 0. The molecule has 132 valence electrons. The van der Waals surface area contributed by atoms with Crippen LogP contribution in [0, 0.1) is 0 Å². The van der Waals surface area contributed by atoms with Gasteiger partial charge in [0.05, 0.1) is 11.9 Å². The minimum absolute atomic E-state index is 0.0862. The van der Waals surface area contributed by atoms with Crippen molar-refractivity contribution in [3.8, 4) is 0 Å². The molecule has 1 N–H and O–H groups in total. The predicted molar refractivity (Wildman–Crippen MR) is 97.6 cm³/mol. The molecule has 1 heterocycles. The largest absolute Gasteiger partial charge is 0.455 e. The Morgan fingerprint density at radius 2 is 2.04 bits per heavy atom. The van der Waals surface area contributed by atoms with Gasteiger partial charge in [-0.05, 0) is 35.7 Å². The van der Waals surface area contributed by atoms with Crippen LogP contribution in [0.2, 0.25) is 0 Å². The number of amides is 1. The van der Waals surface area contributed by atoms with Gasteiger partial charge >= 0.3 is 5.97 Å². The maximum Gasteiger partial charge on any atom is 0.316 e. The molecular formula is C19H21NO4S. The summed E-state index contributed by atoms with van der Waals surface area (Å²) < 4.78 is 10.4. The van der Waals surface area contributed by atoms with E-state index in [4.69, 9.17) is 9.47 Å². The number of esters is 1. The predicted octanol–water partition coefficient (Wildman–Crippen LogP) is 2.77. The zero-order valence-corrected chi connectivity index (χ0v) is 14.7. The van der Waals surface area contributed by atoms with Crippen molar-refractivity contribution in [1.82, 2.24) is 5.32 Å². The van der Waals surface area contributed by atoms with Crippen LogP contribution < -0.4 is 5.32 Å². The Balaban J connectivity index is 1.37. The SMILES string of the molecule is O=C(COC(=O)CSc1ccc2ccccc2c1)NC[C@H]1CCCO1. The van der Waals surface area contributed by atoms with E-state index >= 15 is 0 Å². The maximum atomic E-state index is 11.8. The molecule has 25 heavy (non-hydrogen) atoms. The molecule has 1 aliphatic heterocycles. The van der Waals surface area contributed by atoms with Gasteiger partial charge in [-0.1, -0.05) is 30.3 Å². The average molecular weight is 359 g/mol. The third-order valence-corrected chi connectivity index (χ3v) is 4.96. The summed E-state index contributed by atoms with van der Waals surface area (Å²) in [4.78, 5) is 24.5. The van der Waals surface area contributed by atoms with Gasteiger partial charge in [0, 0.05) is 18.0 Å². The second-order valence-corrected chi connectivity index (χ2v) is 6.95. The number of hydrogen-bond donors (Lipinski definition) is 1. The van der Waals surface area contributed by atoms with E-state index < -0.39 is 5.97 Å². The van der Waals surface area contributed by atoms with Crippen molar-refractivity contribution in [2.75, 3.05) is 25.5 Å². The Kier molecular flexibility index (Phi) is 6.30. The molecule has 0 bridgehead atoms. The van der Waals surface area contributed by atoms with E-state index in [0.717, 1.165) is 35.1 Å². The highest BCUT2D eigenvalue weighted by Crippen LogP contribution is 2.23. The van der Waals surface area contributed by atoms with Crippen LogP contribution in [0.15, 0.2) is 47.4 Å². The van der Waals surface area contributed by atoms with Crippen molar-refractivity contribution in [3.63, 3.8) is 0 Å². The van der Waals surface area contributed by atoms with Crippen LogP contribution in [0.1, 0.15) is 12.8 Å². The summed E-state index contributed by atoms with van der Waals surface area (Å²) in [6.07, 6.45) is 2.08. The monoisotopic (exact) mass is 359 g/mol. The maximum absolute atomic E-state index is 11.8. The molecule has 1 amide bonds. The average Bonchev–Trinajstić information content (AvgIpc) is 3.16. The molecule has 0 saturated carbocycles. The fraction of sp³-hybridized carbons (Fsp3) is 0.368. The third kappa shape index (κ3) is 5.47. The van der Waals surface area contributed by atoms with Crippen LogP contribution in [-0.2, 0) is 19.1 Å². The lowest BCUT2D eigenvalue weighted by Crippen LogP contribution is -2.35. The Morgan fingerprint density at radius 3 is 2.84 bits per heavy atom. The van der Waals surface area contributed by atoms with Gasteiger partial charge in [-0.25, -0.2) is 0 Å². The highest BCUT2D eigenvalue weighted by Gasteiger charge is 2.16. The van der Waals surface area contributed by atoms with Crippen LogP contribution in [-0.4, -0.2) is 43.5 Å². The quantitative estimate of drug-likeness (QED) is 0.608. The summed E-state index contributed by atoms with van der Waals surface area (Å²) in [7, 11) is 0. The number of carbonyl (C=O) groups excluding carboxylic acids is 2. The number of ether oxygens (including phenoxy) is 2. The number of nitrogens with one attached hydrogen (secondary N) is 1. The minimum atomic E-state index is -0.398. The third-order valence-electron chi connectivity index (χ3n) is 3.99. The number of fused-ring (bicyclic) bond motifs is 1. The van der Waals surface area contributed by atoms with Crippen molar-refractivity contribution in [2.24, 2.45) is 0 Å². The molecule has 0 spiro atoms. The number of hydrogen-bond acceptors (Lipinski definition) is 5. The van der Waals surface area contributed by atoms with Crippen LogP contribution >= 0.6 is 11.8 Å². The second kappa shape index (κ2) is 8.87. The molecule has 5 nitrogen and oxygen atoms in total. The first kappa shape index (κ1) is 17.8. The van der Waals surface area contributed by atoms with E-state index in [1.54, 1.807) is 0 Å². The van der Waals surface area contributed by atoms with Crippen LogP contribution in [0.3, 0.4) is 0 Å². The molecule has 1 aliphatic rings. The Bertz CT molecular complexity index is 743. The van der Waals surface area contributed by atoms with E-state index in [1.807, 2.05) is 42.5 Å². The van der Waals surface area contributed by atoms with Gasteiger partial charge in [-0.3, -0.25) is 9.59 Å². The van der Waals surface area contributed by atoms with Crippen LogP contribution in [0.4, 0.5) is 0 Å². The number of thioether (sulfide) groups is 1. The van der Waals surface area contributed by atoms with Crippen LogP contribution in [0.25, 0.3) is 10.8 Å². The van der Waals surface area contributed by atoms with Gasteiger partial charge in [-0.15, -0.1) is 11.8 Å². The summed E-state index contributed by atoms with van der Waals surface area (Å²) in [6.45, 7) is 0.980. The Morgan fingerprint density at radius 1 is 1.20 bits per heavy atom. The van der Waals surface area contributed by atoms with Gasteiger partial charge in [-0.2, -0.15) is 0 Å². The van der Waals surface area contributed by atoms with Gasteiger partial charge in [0.25, 0.3) is 5.91 Å². The van der Waals surface area contributed by atoms with Crippen molar-refractivity contribution in [1.29, 1.82) is 0 Å². The lowest BCUT2D eigenvalue weighted by Gasteiger charge is -2.11. The molecular weight excluding hydrogens is 338 g/mol. The highest BCUT2D eigenvalue weighted by atomic mass is 32.2. The van der Waals surface area contributed by atoms with Crippen molar-refractivity contribution in [2.45, 2.75) is 23.8 Å². The lowest BCUT2D eigenvalue weighted by atomic mass is 10.1. The molecule has 0 unspecified atom stereocenters. The van der Waals surface area contributed by atoms with Crippen molar-refractivity contribution >= 4 is 34.4 Å². The van der Waals surface area contributed by atoms with Crippen LogP contribution in [0.5, 0.6) is 0 Å². The van der Waals surface area contributed by atoms with Gasteiger partial charge in [0.1, 0.15) is 0 Å². The first-order valence-electron chi connectivity index (χ1n) is 8.36. The molecule has 2 aromatic carbocycles. The first-order valence-corrected chi connectivity index (χ1v) is 9.35. The summed E-state index contributed by atoms with van der Waals surface area (Å²) >= 11 is 1.40. The fourth-order valence-electron chi connectivity index (χ4n) is 2.67. The molecule has 1 atom stereocenters. The van der Waals surface area contributed by atoms with E-state index in [-0.39, 0.29) is 24.4 Å². The molecule has 1 fully saturated rings. The van der Waals surface area contributed by atoms with E-state index in [0.29, 0.717) is 6.54 Å². The normalized spacial score (nSPS) is 16.7. The topological polar surface area (TPSA) is 64.6 Å². The summed E-state index contributed by atoms with van der Waals surface area (Å²) in [5.74, 6) is -0.512. The number of carbonyl (C=O) groups is 2. The molecule has 0 radical (unpaired) electrons. The Labute approximate surface area is 151 Å². The lowest BCUT2D eigenvalue weighted by molar-refractivity contribution is -0.146. The highest BCUT2D eigenvalue weighted by molar-refractivity contribution is 8.00. The zero-order chi connectivity index (χ0) is 17.5. The smallest absolute Gasteiger partial charge is 0.316 e. The van der Waals surface area contributed by atoms with Gasteiger partial charge in [0.15, 0.2) is 6.61 Å². The van der Waals surface area contributed by atoms with Gasteiger partial charge in [0.2, 0.25) is 0 Å². The first-order chi connectivity index (χ1) is 12.2. The molecule has 2 aromatic rings. The molecule has 6 heteroatoms. The molecule has 1 saturated heterocycles. The van der Waals surface area contributed by atoms with E-state index in [2.05, 4.69) is 5.32 Å². The Hall–Kier alpha value is -2.05. The number of rotatable bonds is 7. The molecule has 0 aromatic heterocycles. The summed E-state index contributed by atoms with van der Waals surface area (Å²) in [6, 6.07) is 14.1. The van der Waals surface area contributed by atoms with Crippen molar-refractivity contribution < 1.29 is 19.1 Å². The summed E-state index contributed by atoms with van der Waals surface area (Å²) in [5, 5.41) is 5.02. The minimum Gasteiger partial charge on any atom is -0.455 e.